The van der Waals surface area contributed by atoms with Gasteiger partial charge in [0.05, 0.1) is 4.90 Å². The van der Waals surface area contributed by atoms with Gasteiger partial charge in [0.25, 0.3) is 0 Å². The summed E-state index contributed by atoms with van der Waals surface area (Å²) in [6.45, 7) is 3.22. The molecule has 0 unspecified atom stereocenters. The van der Waals surface area contributed by atoms with E-state index in [4.69, 9.17) is 11.5 Å². The molecule has 1 heterocycles. The molecule has 0 atom stereocenters. The van der Waals surface area contributed by atoms with Gasteiger partial charge in [-0.05, 0) is 68.2 Å². The predicted molar refractivity (Wildman–Crippen MR) is 113 cm³/mol. The molecule has 1 aliphatic rings. The van der Waals surface area contributed by atoms with Gasteiger partial charge in [0.15, 0.2) is 15.8 Å². The van der Waals surface area contributed by atoms with Crippen LogP contribution < -0.4 is 11.5 Å². The van der Waals surface area contributed by atoms with E-state index in [0.717, 1.165) is 29.7 Å². The third-order valence-electron chi connectivity index (χ3n) is 4.82. The molecule has 0 bridgehead atoms. The van der Waals surface area contributed by atoms with Crippen LogP contribution in [-0.2, 0) is 9.84 Å². The highest BCUT2D eigenvalue weighted by atomic mass is 32.2. The van der Waals surface area contributed by atoms with Crippen LogP contribution in [0.1, 0.15) is 19.3 Å². The summed E-state index contributed by atoms with van der Waals surface area (Å²) in [7, 11) is -0.921. The van der Waals surface area contributed by atoms with Crippen molar-refractivity contribution < 1.29 is 8.42 Å². The molecule has 3 rings (SSSR count). The molecule has 27 heavy (non-hydrogen) atoms. The van der Waals surface area contributed by atoms with Gasteiger partial charge >= 0.3 is 0 Å². The normalized spacial score (nSPS) is 15.8. The number of hydrogen-bond donors (Lipinski definition) is 2. The molecule has 0 saturated carbocycles. The molecule has 1 fully saturated rings. The van der Waals surface area contributed by atoms with Crippen LogP contribution in [0.25, 0.3) is 10.8 Å². The van der Waals surface area contributed by atoms with Crippen molar-refractivity contribution in [2.75, 3.05) is 32.9 Å². The second kappa shape index (κ2) is 9.71. The Bertz CT molecular complexity index is 868. The Balaban J connectivity index is 0.000000194. The summed E-state index contributed by atoms with van der Waals surface area (Å²) in [5.74, 6) is 1.03. The van der Waals surface area contributed by atoms with Gasteiger partial charge in [-0.1, -0.05) is 30.3 Å². The van der Waals surface area contributed by atoms with Gasteiger partial charge in [-0.15, -0.1) is 0 Å². The third kappa shape index (κ3) is 7.19. The lowest BCUT2D eigenvalue weighted by Gasteiger charge is -2.28. The molecule has 0 spiro atoms. The molecule has 4 N–H and O–H groups in total. The Hall–Kier alpha value is -2.12. The topological polar surface area (TPSA) is 102 Å². The van der Waals surface area contributed by atoms with Crippen LogP contribution in [0.15, 0.2) is 52.4 Å². The summed E-state index contributed by atoms with van der Waals surface area (Å²) in [4.78, 5) is 6.74. The van der Waals surface area contributed by atoms with E-state index in [1.807, 2.05) is 30.3 Å². The number of aliphatic imine (C=N–C) groups is 1. The molecular weight excluding hydrogens is 360 g/mol. The minimum absolute atomic E-state index is 0.216. The van der Waals surface area contributed by atoms with Crippen LogP contribution in [-0.4, -0.2) is 52.2 Å². The van der Waals surface area contributed by atoms with E-state index in [-0.39, 0.29) is 5.96 Å². The quantitative estimate of drug-likeness (QED) is 0.616. The monoisotopic (exact) mass is 390 g/mol. The van der Waals surface area contributed by atoms with Crippen molar-refractivity contribution in [2.24, 2.45) is 22.4 Å². The van der Waals surface area contributed by atoms with E-state index in [0.29, 0.717) is 4.90 Å². The number of benzene rings is 2. The first-order chi connectivity index (χ1) is 12.8. The Morgan fingerprint density at radius 3 is 2.33 bits per heavy atom. The SMILES string of the molecule is CN1CCC(CCN=C(N)N)CC1.CS(=O)(=O)c1ccc2ccccc2c1. The zero-order valence-electron chi connectivity index (χ0n) is 16.1. The maximum atomic E-state index is 11.3. The first kappa shape index (κ1) is 21.2. The smallest absolute Gasteiger partial charge is 0.185 e. The zero-order chi connectivity index (χ0) is 19.9. The maximum Gasteiger partial charge on any atom is 0.185 e. The minimum atomic E-state index is -3.09. The van der Waals surface area contributed by atoms with E-state index < -0.39 is 9.84 Å². The molecule has 7 heteroatoms. The van der Waals surface area contributed by atoms with E-state index in [2.05, 4.69) is 16.9 Å². The standard InChI is InChI=1S/C11H10O2S.C9H20N4/c1-14(12,13)11-7-6-9-4-2-3-5-10(9)8-11;1-13-6-3-8(4-7-13)2-5-12-9(10)11/h2-8H,1H3;8H,2-7H2,1H3,(H4,10,11,12). The first-order valence-corrected chi connectivity index (χ1v) is 11.1. The fraction of sp³-hybridized carbons (Fsp3) is 0.450. The average Bonchev–Trinajstić information content (AvgIpc) is 2.62. The fourth-order valence-corrected chi connectivity index (χ4v) is 3.78. The molecule has 2 aromatic rings. The van der Waals surface area contributed by atoms with Gasteiger partial charge in [-0.3, -0.25) is 4.99 Å². The lowest BCUT2D eigenvalue weighted by Crippen LogP contribution is -2.30. The van der Waals surface area contributed by atoms with Gasteiger partial charge in [-0.2, -0.15) is 0 Å². The molecule has 0 radical (unpaired) electrons. The zero-order valence-corrected chi connectivity index (χ0v) is 17.0. The summed E-state index contributed by atoms with van der Waals surface area (Å²) in [6, 6.07) is 12.9. The van der Waals surface area contributed by atoms with E-state index in [9.17, 15) is 8.42 Å². The molecular formula is C20H30N4O2S. The van der Waals surface area contributed by atoms with E-state index in [1.54, 1.807) is 12.1 Å². The lowest BCUT2D eigenvalue weighted by molar-refractivity contribution is 0.214. The van der Waals surface area contributed by atoms with Crippen molar-refractivity contribution in [3.63, 3.8) is 0 Å². The molecule has 0 aromatic heterocycles. The Kier molecular flexibility index (Phi) is 7.62. The van der Waals surface area contributed by atoms with Gasteiger partial charge in [0.2, 0.25) is 0 Å². The highest BCUT2D eigenvalue weighted by Gasteiger charge is 2.15. The number of rotatable bonds is 4. The van der Waals surface area contributed by atoms with E-state index in [1.165, 1.54) is 32.2 Å². The number of fused-ring (bicyclic) bond motifs is 1. The summed E-state index contributed by atoms with van der Waals surface area (Å²) in [5, 5.41) is 2.01. The predicted octanol–water partition coefficient (Wildman–Crippen LogP) is 2.24. The average molecular weight is 391 g/mol. The number of nitrogens with zero attached hydrogens (tertiary/aromatic N) is 2. The van der Waals surface area contributed by atoms with Crippen molar-refractivity contribution in [3.8, 4) is 0 Å². The summed E-state index contributed by atoms with van der Waals surface area (Å²) in [6.07, 6.45) is 4.93. The first-order valence-electron chi connectivity index (χ1n) is 9.18. The summed E-state index contributed by atoms with van der Waals surface area (Å²) in [5.41, 5.74) is 10.5. The van der Waals surface area contributed by atoms with Crippen LogP contribution in [0.3, 0.4) is 0 Å². The minimum Gasteiger partial charge on any atom is -0.370 e. The summed E-state index contributed by atoms with van der Waals surface area (Å²) >= 11 is 0. The number of nitrogens with two attached hydrogens (primary N) is 2. The van der Waals surface area contributed by atoms with Crippen LogP contribution in [0.2, 0.25) is 0 Å². The molecule has 0 aliphatic carbocycles. The third-order valence-corrected chi connectivity index (χ3v) is 5.93. The highest BCUT2D eigenvalue weighted by molar-refractivity contribution is 7.90. The number of sulfone groups is 1. The molecule has 1 aliphatic heterocycles. The van der Waals surface area contributed by atoms with Crippen molar-refractivity contribution in [1.29, 1.82) is 0 Å². The molecule has 2 aromatic carbocycles. The second-order valence-corrected chi connectivity index (χ2v) is 9.14. The van der Waals surface area contributed by atoms with Crippen molar-refractivity contribution in [2.45, 2.75) is 24.2 Å². The molecule has 1 saturated heterocycles. The van der Waals surface area contributed by atoms with Crippen molar-refractivity contribution >= 4 is 26.6 Å². The molecule has 6 nitrogen and oxygen atoms in total. The number of piperidine rings is 1. The number of hydrogen-bond acceptors (Lipinski definition) is 4. The Morgan fingerprint density at radius 1 is 1.11 bits per heavy atom. The largest absolute Gasteiger partial charge is 0.370 e. The Morgan fingerprint density at radius 2 is 1.74 bits per heavy atom. The highest BCUT2D eigenvalue weighted by Crippen LogP contribution is 2.19. The van der Waals surface area contributed by atoms with E-state index >= 15 is 0 Å². The summed E-state index contributed by atoms with van der Waals surface area (Å²) < 4.78 is 22.6. The van der Waals surface area contributed by atoms with Gasteiger partial charge in [0.1, 0.15) is 0 Å². The van der Waals surface area contributed by atoms with Crippen LogP contribution in [0, 0.1) is 5.92 Å². The molecule has 148 valence electrons. The van der Waals surface area contributed by atoms with Crippen molar-refractivity contribution in [1.82, 2.24) is 4.90 Å². The van der Waals surface area contributed by atoms with Crippen LogP contribution in [0.5, 0.6) is 0 Å². The lowest BCUT2D eigenvalue weighted by atomic mass is 9.94. The molecule has 0 amide bonds. The van der Waals surface area contributed by atoms with Crippen LogP contribution in [0.4, 0.5) is 0 Å². The fourth-order valence-electron chi connectivity index (χ4n) is 3.13. The number of likely N-dealkylation sites (tertiary alicyclic amines) is 1. The number of guanidine groups is 1. The maximum absolute atomic E-state index is 11.3. The van der Waals surface area contributed by atoms with Gasteiger partial charge in [-0.25, -0.2) is 8.42 Å². The second-order valence-electron chi connectivity index (χ2n) is 7.12. The van der Waals surface area contributed by atoms with Crippen LogP contribution >= 0.6 is 0 Å². The van der Waals surface area contributed by atoms with Gasteiger partial charge < -0.3 is 16.4 Å². The Labute approximate surface area is 162 Å². The van der Waals surface area contributed by atoms with Gasteiger partial charge in [0, 0.05) is 12.8 Å². The van der Waals surface area contributed by atoms with Crippen molar-refractivity contribution in [3.05, 3.63) is 42.5 Å².